The van der Waals surface area contributed by atoms with E-state index < -0.39 is 0 Å². The van der Waals surface area contributed by atoms with Gasteiger partial charge in [-0.2, -0.15) is 0 Å². The van der Waals surface area contributed by atoms with Gasteiger partial charge in [0.25, 0.3) is 5.56 Å². The van der Waals surface area contributed by atoms with E-state index in [0.29, 0.717) is 45.5 Å². The van der Waals surface area contributed by atoms with E-state index in [0.717, 1.165) is 12.8 Å². The van der Waals surface area contributed by atoms with Crippen molar-refractivity contribution in [3.05, 3.63) is 63.4 Å². The third kappa shape index (κ3) is 4.38. The molecule has 0 amide bonds. The van der Waals surface area contributed by atoms with Crippen LogP contribution in [0.25, 0.3) is 10.9 Å². The number of ether oxygens (including phenoxy) is 2. The molecule has 1 saturated heterocycles. The molecule has 0 saturated carbocycles. The van der Waals surface area contributed by atoms with Gasteiger partial charge in [-0.1, -0.05) is 35.5 Å². The van der Waals surface area contributed by atoms with Crippen LogP contribution in [0, 0.1) is 0 Å². The molecule has 0 aliphatic carbocycles. The van der Waals surface area contributed by atoms with Gasteiger partial charge in [0, 0.05) is 12.2 Å². The van der Waals surface area contributed by atoms with E-state index in [2.05, 4.69) is 4.98 Å². The van der Waals surface area contributed by atoms with Crippen molar-refractivity contribution in [2.75, 3.05) is 19.5 Å². The lowest BCUT2D eigenvalue weighted by molar-refractivity contribution is 0.0937. The lowest BCUT2D eigenvalue weighted by atomic mass is 10.1. The number of fused-ring (bicyclic) bond motifs is 1. The fraction of sp³-hybridized carbons (Fsp3) is 0.318. The zero-order valence-electron chi connectivity index (χ0n) is 16.5. The average Bonchev–Trinajstić information content (AvgIpc) is 3.27. The number of rotatable bonds is 7. The smallest absolute Gasteiger partial charge is 0.262 e. The van der Waals surface area contributed by atoms with Crippen LogP contribution in [-0.2, 0) is 11.3 Å². The normalized spacial score (nSPS) is 16.1. The van der Waals surface area contributed by atoms with E-state index in [1.54, 1.807) is 28.8 Å². The van der Waals surface area contributed by atoms with Gasteiger partial charge in [-0.15, -0.1) is 0 Å². The van der Waals surface area contributed by atoms with Crippen molar-refractivity contribution in [2.24, 2.45) is 0 Å². The number of carbonyl (C=O) groups is 1. The molecule has 8 heteroatoms. The zero-order valence-corrected chi connectivity index (χ0v) is 18.0. The second-order valence-electron chi connectivity index (χ2n) is 7.02. The van der Waals surface area contributed by atoms with Crippen LogP contribution in [0.2, 0.25) is 5.02 Å². The SMILES string of the molecule is COc1ccc(C(=O)CSc2nc3ccccc3c(=O)n2CC2CCCO2)cc1Cl. The molecule has 0 N–H and O–H groups in total. The van der Waals surface area contributed by atoms with Crippen LogP contribution in [0.15, 0.2) is 52.4 Å². The van der Waals surface area contributed by atoms with Gasteiger partial charge in [-0.25, -0.2) is 4.98 Å². The third-order valence-corrected chi connectivity index (χ3v) is 6.31. The van der Waals surface area contributed by atoms with Crippen molar-refractivity contribution >= 4 is 40.0 Å². The number of carbonyl (C=O) groups excluding carboxylic acids is 1. The number of halogens is 1. The molecule has 1 unspecified atom stereocenters. The van der Waals surface area contributed by atoms with Crippen molar-refractivity contribution in [2.45, 2.75) is 30.6 Å². The zero-order chi connectivity index (χ0) is 21.1. The molecule has 2 aromatic carbocycles. The second kappa shape index (κ2) is 9.20. The van der Waals surface area contributed by atoms with E-state index in [9.17, 15) is 9.59 Å². The molecule has 0 bridgehead atoms. The number of methoxy groups -OCH3 is 1. The van der Waals surface area contributed by atoms with Gasteiger partial charge >= 0.3 is 0 Å². The number of nitrogens with zero attached hydrogens (tertiary/aromatic N) is 2. The number of thioether (sulfide) groups is 1. The van der Waals surface area contributed by atoms with Gasteiger partial charge in [0.1, 0.15) is 5.75 Å². The molecular weight excluding hydrogens is 424 g/mol. The van der Waals surface area contributed by atoms with E-state index in [1.165, 1.54) is 18.9 Å². The van der Waals surface area contributed by atoms with Gasteiger partial charge in [0.15, 0.2) is 10.9 Å². The van der Waals surface area contributed by atoms with Gasteiger partial charge in [-0.3, -0.25) is 14.2 Å². The standard InChI is InChI=1S/C22H21ClN2O4S/c1-28-20-9-8-14(11-17(20)23)19(26)13-30-22-24-18-7-3-2-6-16(18)21(27)25(22)12-15-5-4-10-29-15/h2-3,6-9,11,15H,4-5,10,12-13H2,1H3. The summed E-state index contributed by atoms with van der Waals surface area (Å²) < 4.78 is 12.5. The van der Waals surface area contributed by atoms with Gasteiger partial charge in [0.2, 0.25) is 0 Å². The second-order valence-corrected chi connectivity index (χ2v) is 8.37. The number of aromatic nitrogens is 2. The molecule has 30 heavy (non-hydrogen) atoms. The highest BCUT2D eigenvalue weighted by molar-refractivity contribution is 7.99. The van der Waals surface area contributed by atoms with Gasteiger partial charge in [-0.05, 0) is 43.2 Å². The Bertz CT molecular complexity index is 1140. The largest absolute Gasteiger partial charge is 0.495 e. The van der Waals surface area contributed by atoms with Crippen LogP contribution in [0.5, 0.6) is 5.75 Å². The minimum absolute atomic E-state index is 0.0129. The fourth-order valence-corrected chi connectivity index (χ4v) is 4.62. The quantitative estimate of drug-likeness (QED) is 0.309. The fourth-order valence-electron chi connectivity index (χ4n) is 3.46. The summed E-state index contributed by atoms with van der Waals surface area (Å²) in [7, 11) is 1.53. The van der Waals surface area contributed by atoms with Crippen LogP contribution >= 0.6 is 23.4 Å². The van der Waals surface area contributed by atoms with Crippen LogP contribution < -0.4 is 10.3 Å². The topological polar surface area (TPSA) is 70.4 Å². The average molecular weight is 445 g/mol. The Morgan fingerprint density at radius 2 is 2.17 bits per heavy atom. The first-order valence-corrected chi connectivity index (χ1v) is 11.0. The molecule has 156 valence electrons. The number of benzene rings is 2. The Labute approximate surface area is 183 Å². The Morgan fingerprint density at radius 3 is 2.90 bits per heavy atom. The highest BCUT2D eigenvalue weighted by Crippen LogP contribution is 2.27. The van der Waals surface area contributed by atoms with Crippen molar-refractivity contribution in [3.8, 4) is 5.75 Å². The molecule has 1 fully saturated rings. The molecule has 3 aromatic rings. The van der Waals surface area contributed by atoms with E-state index in [-0.39, 0.29) is 23.2 Å². The summed E-state index contributed by atoms with van der Waals surface area (Å²) in [6.45, 7) is 1.14. The predicted octanol–water partition coefficient (Wildman–Crippen LogP) is 4.21. The van der Waals surface area contributed by atoms with Crippen molar-refractivity contribution in [1.82, 2.24) is 9.55 Å². The number of para-hydroxylation sites is 1. The molecule has 1 aliphatic heterocycles. The minimum atomic E-state index is -0.112. The highest BCUT2D eigenvalue weighted by Gasteiger charge is 2.21. The maximum Gasteiger partial charge on any atom is 0.262 e. The summed E-state index contributed by atoms with van der Waals surface area (Å²) in [5.41, 5.74) is 0.995. The van der Waals surface area contributed by atoms with E-state index in [4.69, 9.17) is 21.1 Å². The van der Waals surface area contributed by atoms with Crippen molar-refractivity contribution in [3.63, 3.8) is 0 Å². The number of hydrogen-bond donors (Lipinski definition) is 0. The first-order valence-electron chi connectivity index (χ1n) is 9.67. The van der Waals surface area contributed by atoms with Crippen LogP contribution in [0.1, 0.15) is 23.2 Å². The maximum atomic E-state index is 13.1. The lowest BCUT2D eigenvalue weighted by Gasteiger charge is -2.16. The third-order valence-electron chi connectivity index (χ3n) is 5.04. The number of Topliss-reactive ketones (excluding diaryl/α,β-unsaturated/α-hetero) is 1. The molecule has 1 aliphatic rings. The van der Waals surface area contributed by atoms with Crippen LogP contribution in [0.3, 0.4) is 0 Å². The minimum Gasteiger partial charge on any atom is -0.495 e. The summed E-state index contributed by atoms with van der Waals surface area (Å²) in [6, 6.07) is 12.2. The van der Waals surface area contributed by atoms with Crippen LogP contribution in [0.4, 0.5) is 0 Å². The molecule has 6 nitrogen and oxygen atoms in total. The molecular formula is C22H21ClN2O4S. The number of ketones is 1. The summed E-state index contributed by atoms with van der Waals surface area (Å²) in [4.78, 5) is 30.5. The Balaban J connectivity index is 1.61. The van der Waals surface area contributed by atoms with E-state index in [1.807, 2.05) is 18.2 Å². The summed E-state index contributed by atoms with van der Waals surface area (Å²) in [5, 5.41) is 1.46. The summed E-state index contributed by atoms with van der Waals surface area (Å²) in [5.74, 6) is 0.553. The molecule has 1 atom stereocenters. The maximum absolute atomic E-state index is 13.1. The lowest BCUT2D eigenvalue weighted by Crippen LogP contribution is -2.29. The Hall–Kier alpha value is -2.35. The first kappa shape index (κ1) is 20.9. The predicted molar refractivity (Wildman–Crippen MR) is 118 cm³/mol. The van der Waals surface area contributed by atoms with Crippen molar-refractivity contribution in [1.29, 1.82) is 0 Å². The number of hydrogen-bond acceptors (Lipinski definition) is 6. The first-order chi connectivity index (χ1) is 14.6. The Kier molecular flexibility index (Phi) is 6.41. The summed E-state index contributed by atoms with van der Waals surface area (Å²) >= 11 is 7.39. The molecule has 0 radical (unpaired) electrons. The highest BCUT2D eigenvalue weighted by atomic mass is 35.5. The molecule has 4 rings (SSSR count). The van der Waals surface area contributed by atoms with Gasteiger partial charge in [0.05, 0.1) is 41.4 Å². The van der Waals surface area contributed by atoms with Crippen LogP contribution in [-0.4, -0.2) is 40.9 Å². The summed E-state index contributed by atoms with van der Waals surface area (Å²) in [6.07, 6.45) is 1.88. The molecule has 2 heterocycles. The van der Waals surface area contributed by atoms with E-state index >= 15 is 0 Å². The van der Waals surface area contributed by atoms with Crippen molar-refractivity contribution < 1.29 is 14.3 Å². The monoisotopic (exact) mass is 444 g/mol. The molecule has 0 spiro atoms. The van der Waals surface area contributed by atoms with Gasteiger partial charge < -0.3 is 9.47 Å². The Morgan fingerprint density at radius 1 is 1.33 bits per heavy atom. The molecule has 1 aromatic heterocycles.